The van der Waals surface area contributed by atoms with Crippen molar-refractivity contribution in [1.82, 2.24) is 0 Å². The average Bonchev–Trinajstić information content (AvgIpc) is 2.48. The van der Waals surface area contributed by atoms with Crippen molar-refractivity contribution in [3.05, 3.63) is 0 Å². The van der Waals surface area contributed by atoms with Gasteiger partial charge in [-0.05, 0) is 19.3 Å². The third kappa shape index (κ3) is 11.8. The normalized spacial score (nSPS) is 13.9. The number of carbonyl (C=O) groups excluding carboxylic acids is 1. The molecule has 0 aliphatic heterocycles. The molecular formula is C19H38O2. The van der Waals surface area contributed by atoms with Crippen LogP contribution in [0.4, 0.5) is 0 Å². The van der Waals surface area contributed by atoms with Crippen LogP contribution in [-0.2, 0) is 9.53 Å². The number of ether oxygens (including phenoxy) is 1. The van der Waals surface area contributed by atoms with E-state index in [9.17, 15) is 4.79 Å². The second kappa shape index (κ2) is 13.2. The zero-order valence-corrected chi connectivity index (χ0v) is 15.0. The van der Waals surface area contributed by atoms with Gasteiger partial charge in [-0.15, -0.1) is 0 Å². The van der Waals surface area contributed by atoms with E-state index in [4.69, 9.17) is 4.74 Å². The molecular weight excluding hydrogens is 260 g/mol. The van der Waals surface area contributed by atoms with E-state index >= 15 is 0 Å². The fourth-order valence-corrected chi connectivity index (χ4v) is 2.70. The van der Waals surface area contributed by atoms with Gasteiger partial charge in [0.25, 0.3) is 0 Å². The van der Waals surface area contributed by atoms with Crippen molar-refractivity contribution >= 4 is 5.97 Å². The molecule has 0 saturated heterocycles. The van der Waals surface area contributed by atoms with E-state index in [0.29, 0.717) is 13.0 Å². The molecule has 0 radical (unpaired) electrons. The predicted octanol–water partition coefficient (Wildman–Crippen LogP) is 6.28. The van der Waals surface area contributed by atoms with E-state index < -0.39 is 0 Å². The average molecular weight is 299 g/mol. The Morgan fingerprint density at radius 3 is 2.00 bits per heavy atom. The Kier molecular flexibility index (Phi) is 12.8. The highest BCUT2D eigenvalue weighted by atomic mass is 16.5. The summed E-state index contributed by atoms with van der Waals surface area (Å²) in [7, 11) is 0. The first-order valence-corrected chi connectivity index (χ1v) is 9.23. The number of esters is 1. The summed E-state index contributed by atoms with van der Waals surface area (Å²) in [6, 6.07) is 0. The Labute approximate surface area is 133 Å². The van der Waals surface area contributed by atoms with Gasteiger partial charge >= 0.3 is 5.97 Å². The lowest BCUT2D eigenvalue weighted by Gasteiger charge is -2.29. The Morgan fingerprint density at radius 1 is 0.810 bits per heavy atom. The molecule has 1 unspecified atom stereocenters. The fourth-order valence-electron chi connectivity index (χ4n) is 2.70. The van der Waals surface area contributed by atoms with Crippen molar-refractivity contribution in [3.8, 4) is 0 Å². The molecule has 0 aromatic rings. The van der Waals surface area contributed by atoms with Crippen LogP contribution in [0.25, 0.3) is 0 Å². The molecule has 1 atom stereocenters. The van der Waals surface area contributed by atoms with Crippen LogP contribution in [0.1, 0.15) is 105 Å². The highest BCUT2D eigenvalue weighted by Crippen LogP contribution is 2.31. The summed E-state index contributed by atoms with van der Waals surface area (Å²) in [6.07, 6.45) is 13.8. The highest BCUT2D eigenvalue weighted by Gasteiger charge is 2.25. The molecule has 0 rings (SSSR count). The molecule has 2 heteroatoms. The lowest BCUT2D eigenvalue weighted by atomic mass is 9.80. The summed E-state index contributed by atoms with van der Waals surface area (Å²) in [5.74, 6) is -0.000248. The zero-order valence-electron chi connectivity index (χ0n) is 15.0. The third-order valence-corrected chi connectivity index (χ3v) is 4.33. The van der Waals surface area contributed by atoms with E-state index in [1.54, 1.807) is 0 Å². The lowest BCUT2D eigenvalue weighted by Crippen LogP contribution is -2.25. The van der Waals surface area contributed by atoms with Crippen LogP contribution >= 0.6 is 0 Å². The van der Waals surface area contributed by atoms with Crippen LogP contribution in [0.3, 0.4) is 0 Å². The Balaban J connectivity index is 4.10. The van der Waals surface area contributed by atoms with Gasteiger partial charge in [0.05, 0.1) is 6.61 Å². The van der Waals surface area contributed by atoms with E-state index in [0.717, 1.165) is 19.3 Å². The number of hydrogen-bond acceptors (Lipinski definition) is 2. The van der Waals surface area contributed by atoms with E-state index in [-0.39, 0.29) is 11.4 Å². The van der Waals surface area contributed by atoms with Gasteiger partial charge in [0.1, 0.15) is 0 Å². The minimum absolute atomic E-state index is 0.000248. The smallest absolute Gasteiger partial charge is 0.305 e. The molecule has 0 bridgehead atoms. The minimum Gasteiger partial charge on any atom is -0.465 e. The Morgan fingerprint density at radius 2 is 1.38 bits per heavy atom. The topological polar surface area (TPSA) is 26.3 Å². The zero-order chi connectivity index (χ0) is 16.0. The molecule has 126 valence electrons. The summed E-state index contributed by atoms with van der Waals surface area (Å²) in [5, 5.41) is 0. The van der Waals surface area contributed by atoms with Crippen molar-refractivity contribution in [2.24, 2.45) is 5.41 Å². The second-order valence-electron chi connectivity index (χ2n) is 6.84. The van der Waals surface area contributed by atoms with E-state index in [1.807, 2.05) is 0 Å². The summed E-state index contributed by atoms with van der Waals surface area (Å²) < 4.78 is 5.57. The van der Waals surface area contributed by atoms with Gasteiger partial charge in [-0.25, -0.2) is 0 Å². The van der Waals surface area contributed by atoms with Crippen molar-refractivity contribution in [3.63, 3.8) is 0 Å². The van der Waals surface area contributed by atoms with Crippen LogP contribution < -0.4 is 0 Å². The van der Waals surface area contributed by atoms with Gasteiger partial charge in [-0.3, -0.25) is 4.79 Å². The molecule has 0 fully saturated rings. The number of hydrogen-bond donors (Lipinski definition) is 0. The van der Waals surface area contributed by atoms with Crippen molar-refractivity contribution < 1.29 is 9.53 Å². The molecule has 0 aliphatic rings. The predicted molar refractivity (Wildman–Crippen MR) is 91.5 cm³/mol. The molecule has 0 heterocycles. The van der Waals surface area contributed by atoms with Crippen molar-refractivity contribution in [2.75, 3.05) is 6.61 Å². The Hall–Kier alpha value is -0.530. The molecule has 0 spiro atoms. The molecule has 2 nitrogen and oxygen atoms in total. The summed E-state index contributed by atoms with van der Waals surface area (Å²) in [5.41, 5.74) is 0.185. The quantitative estimate of drug-likeness (QED) is 0.279. The largest absolute Gasteiger partial charge is 0.465 e. The van der Waals surface area contributed by atoms with E-state index in [1.165, 1.54) is 51.4 Å². The first-order chi connectivity index (χ1) is 10.1. The SMILES string of the molecule is CCCCCCC(C)(CCCC)COC(=O)CCCCC. The van der Waals surface area contributed by atoms with E-state index in [2.05, 4.69) is 27.7 Å². The van der Waals surface area contributed by atoms with Crippen LogP contribution in [0.2, 0.25) is 0 Å². The first kappa shape index (κ1) is 20.5. The Bertz CT molecular complexity index is 250. The van der Waals surface area contributed by atoms with Crippen LogP contribution in [0.5, 0.6) is 0 Å². The number of unbranched alkanes of at least 4 members (excludes halogenated alkanes) is 6. The van der Waals surface area contributed by atoms with Crippen LogP contribution in [0.15, 0.2) is 0 Å². The highest BCUT2D eigenvalue weighted by molar-refractivity contribution is 5.69. The van der Waals surface area contributed by atoms with Gasteiger partial charge < -0.3 is 4.74 Å². The van der Waals surface area contributed by atoms with Gasteiger partial charge in [-0.2, -0.15) is 0 Å². The molecule has 0 aromatic carbocycles. The van der Waals surface area contributed by atoms with Crippen molar-refractivity contribution in [1.29, 1.82) is 0 Å². The van der Waals surface area contributed by atoms with Gasteiger partial charge in [0.15, 0.2) is 0 Å². The monoisotopic (exact) mass is 298 g/mol. The van der Waals surface area contributed by atoms with Crippen molar-refractivity contribution in [2.45, 2.75) is 105 Å². The maximum Gasteiger partial charge on any atom is 0.305 e. The molecule has 0 aliphatic carbocycles. The summed E-state index contributed by atoms with van der Waals surface area (Å²) in [6.45, 7) is 9.55. The van der Waals surface area contributed by atoms with Gasteiger partial charge in [-0.1, -0.05) is 79.1 Å². The number of rotatable bonds is 14. The minimum atomic E-state index is -0.000248. The molecule has 0 saturated carbocycles. The standard InChI is InChI=1S/C19H38O2/c1-5-8-11-13-16-19(4,15-10-7-3)17-21-18(20)14-12-9-6-2/h5-17H2,1-4H3. The molecule has 0 amide bonds. The lowest BCUT2D eigenvalue weighted by molar-refractivity contribution is -0.147. The van der Waals surface area contributed by atoms with Crippen LogP contribution in [0, 0.1) is 5.41 Å². The van der Waals surface area contributed by atoms with Gasteiger partial charge in [0, 0.05) is 11.8 Å². The maximum atomic E-state index is 11.8. The molecule has 0 N–H and O–H groups in total. The van der Waals surface area contributed by atoms with Crippen LogP contribution in [-0.4, -0.2) is 12.6 Å². The second-order valence-corrected chi connectivity index (χ2v) is 6.84. The first-order valence-electron chi connectivity index (χ1n) is 9.23. The number of carbonyl (C=O) groups is 1. The molecule has 21 heavy (non-hydrogen) atoms. The molecule has 0 aromatic heterocycles. The fraction of sp³-hybridized carbons (Fsp3) is 0.947. The summed E-state index contributed by atoms with van der Waals surface area (Å²) in [4.78, 5) is 11.8. The third-order valence-electron chi connectivity index (χ3n) is 4.33. The maximum absolute atomic E-state index is 11.8. The van der Waals surface area contributed by atoms with Gasteiger partial charge in [0.2, 0.25) is 0 Å². The summed E-state index contributed by atoms with van der Waals surface area (Å²) >= 11 is 0.